The number of thioether (sulfide) groups is 1. The lowest BCUT2D eigenvalue weighted by molar-refractivity contribution is -0.138. The molecule has 100 valence electrons. The highest BCUT2D eigenvalue weighted by Crippen LogP contribution is 1.98. The first-order chi connectivity index (χ1) is 7.54. The van der Waals surface area contributed by atoms with Crippen LogP contribution in [0.1, 0.15) is 6.92 Å². The van der Waals surface area contributed by atoms with Gasteiger partial charge < -0.3 is 10.5 Å². The molecule has 0 bridgehead atoms. The van der Waals surface area contributed by atoms with E-state index in [2.05, 4.69) is 6.58 Å². The summed E-state index contributed by atoms with van der Waals surface area (Å²) >= 11 is 1.14. The van der Waals surface area contributed by atoms with Crippen LogP contribution in [-0.2, 0) is 19.6 Å². The zero-order chi connectivity index (χ0) is 14.1. The van der Waals surface area contributed by atoms with Crippen molar-refractivity contribution in [2.75, 3.05) is 18.6 Å². The van der Waals surface area contributed by atoms with Crippen LogP contribution in [0.2, 0.25) is 0 Å². The van der Waals surface area contributed by atoms with Crippen LogP contribution in [0, 0.1) is 5.41 Å². The second-order valence-corrected chi connectivity index (χ2v) is 5.46. The third kappa shape index (κ3) is 25.3. The van der Waals surface area contributed by atoms with Gasteiger partial charge in [0.1, 0.15) is 6.61 Å². The third-order valence-electron chi connectivity index (χ3n) is 0.923. The SMILES string of the molecule is C=C(C)C(=O)OCCSC(=N)N.CS(=O)(=O)O. The molecule has 0 aliphatic rings. The number of nitrogens with two attached hydrogens (primary N) is 1. The van der Waals surface area contributed by atoms with Crippen molar-refractivity contribution in [3.8, 4) is 0 Å². The normalized spacial score (nSPS) is 9.82. The minimum atomic E-state index is -3.67. The molecule has 0 aromatic rings. The first-order valence-electron chi connectivity index (χ1n) is 4.26. The van der Waals surface area contributed by atoms with Crippen LogP contribution in [0.5, 0.6) is 0 Å². The number of amidine groups is 1. The Bertz CT molecular complexity index is 369. The number of hydrogen-bond donors (Lipinski definition) is 3. The summed E-state index contributed by atoms with van der Waals surface area (Å²) in [5.41, 5.74) is 5.43. The van der Waals surface area contributed by atoms with E-state index in [1.165, 1.54) is 0 Å². The summed E-state index contributed by atoms with van der Waals surface area (Å²) in [5.74, 6) is 0.105. The van der Waals surface area contributed by atoms with Gasteiger partial charge in [-0.25, -0.2) is 4.79 Å². The van der Waals surface area contributed by atoms with Crippen molar-refractivity contribution in [1.82, 2.24) is 0 Å². The number of esters is 1. The molecule has 0 spiro atoms. The molecule has 0 radical (unpaired) electrons. The summed E-state index contributed by atoms with van der Waals surface area (Å²) < 4.78 is 30.6. The monoisotopic (exact) mass is 284 g/mol. The largest absolute Gasteiger partial charge is 0.461 e. The molecule has 0 aromatic carbocycles. The van der Waals surface area contributed by atoms with Gasteiger partial charge in [0, 0.05) is 11.3 Å². The van der Waals surface area contributed by atoms with Crippen LogP contribution in [0.15, 0.2) is 12.2 Å². The molecule has 0 aromatic heterocycles. The maximum absolute atomic E-state index is 10.8. The van der Waals surface area contributed by atoms with Crippen LogP contribution in [0.25, 0.3) is 0 Å². The Morgan fingerprint density at radius 2 is 2.00 bits per heavy atom. The molecule has 0 saturated carbocycles. The third-order valence-corrected chi connectivity index (χ3v) is 1.60. The molecule has 0 aliphatic carbocycles. The van der Waals surface area contributed by atoms with Crippen LogP contribution in [0.3, 0.4) is 0 Å². The Labute approximate surface area is 105 Å². The molecule has 7 nitrogen and oxygen atoms in total. The van der Waals surface area contributed by atoms with Gasteiger partial charge in [0.15, 0.2) is 5.17 Å². The predicted molar refractivity (Wildman–Crippen MR) is 67.6 cm³/mol. The van der Waals surface area contributed by atoms with E-state index in [4.69, 9.17) is 20.4 Å². The maximum Gasteiger partial charge on any atom is 0.333 e. The van der Waals surface area contributed by atoms with Crippen molar-refractivity contribution in [2.45, 2.75) is 6.92 Å². The van der Waals surface area contributed by atoms with Gasteiger partial charge in [-0.1, -0.05) is 18.3 Å². The van der Waals surface area contributed by atoms with E-state index < -0.39 is 16.1 Å². The topological polar surface area (TPSA) is 131 Å². The number of nitrogens with one attached hydrogen (secondary N) is 1. The first kappa shape index (κ1) is 18.3. The summed E-state index contributed by atoms with van der Waals surface area (Å²) in [6, 6.07) is 0. The molecule has 0 saturated heterocycles. The molecule has 4 N–H and O–H groups in total. The molecule has 0 fully saturated rings. The van der Waals surface area contributed by atoms with E-state index in [-0.39, 0.29) is 11.8 Å². The Kier molecular flexibility index (Phi) is 9.72. The van der Waals surface area contributed by atoms with Gasteiger partial charge in [0.25, 0.3) is 10.1 Å². The minimum absolute atomic E-state index is 0.0290. The Balaban J connectivity index is 0. The van der Waals surface area contributed by atoms with Gasteiger partial charge in [-0.05, 0) is 6.92 Å². The lowest BCUT2D eigenvalue weighted by Gasteiger charge is -2.02. The Hall–Kier alpha value is -1.06. The van der Waals surface area contributed by atoms with Gasteiger partial charge in [0.2, 0.25) is 0 Å². The summed E-state index contributed by atoms with van der Waals surface area (Å²) in [4.78, 5) is 10.8. The van der Waals surface area contributed by atoms with E-state index in [1.54, 1.807) is 6.92 Å². The predicted octanol–water partition coefficient (Wildman–Crippen LogP) is 0.236. The van der Waals surface area contributed by atoms with Crippen molar-refractivity contribution in [2.24, 2.45) is 5.73 Å². The number of carbonyl (C=O) groups is 1. The van der Waals surface area contributed by atoms with E-state index >= 15 is 0 Å². The average Bonchev–Trinajstić information content (AvgIpc) is 2.08. The standard InChI is InChI=1S/C7H12N2O2S.CH4O3S/c1-5(2)6(10)11-3-4-12-7(8)9;1-5(2,3)4/h1,3-4H2,2H3,(H3,8,9);1H3,(H,2,3,4). The van der Waals surface area contributed by atoms with Crippen molar-refractivity contribution in [3.05, 3.63) is 12.2 Å². The summed E-state index contributed by atoms with van der Waals surface area (Å²) in [6.45, 7) is 5.26. The van der Waals surface area contributed by atoms with Crippen molar-refractivity contribution in [1.29, 1.82) is 5.41 Å². The van der Waals surface area contributed by atoms with E-state index in [0.717, 1.165) is 11.8 Å². The molecular weight excluding hydrogens is 268 g/mol. The summed E-state index contributed by atoms with van der Waals surface area (Å²) in [6.07, 6.45) is 0.715. The molecule has 0 aliphatic heterocycles. The van der Waals surface area contributed by atoms with E-state index in [0.29, 0.717) is 17.6 Å². The van der Waals surface area contributed by atoms with Gasteiger partial charge >= 0.3 is 5.97 Å². The zero-order valence-corrected chi connectivity index (χ0v) is 11.2. The highest BCUT2D eigenvalue weighted by atomic mass is 32.2. The van der Waals surface area contributed by atoms with Crippen molar-refractivity contribution in [3.63, 3.8) is 0 Å². The van der Waals surface area contributed by atoms with E-state index in [9.17, 15) is 13.2 Å². The van der Waals surface area contributed by atoms with Crippen LogP contribution in [0.4, 0.5) is 0 Å². The minimum Gasteiger partial charge on any atom is -0.461 e. The fraction of sp³-hybridized carbons (Fsp3) is 0.500. The molecule has 0 heterocycles. The lowest BCUT2D eigenvalue weighted by Crippen LogP contribution is -2.11. The maximum atomic E-state index is 10.8. The number of hydrogen-bond acceptors (Lipinski definition) is 6. The molecule has 0 amide bonds. The van der Waals surface area contributed by atoms with Crippen molar-refractivity contribution >= 4 is 33.0 Å². The number of ether oxygens (including phenoxy) is 1. The molecule has 17 heavy (non-hydrogen) atoms. The Morgan fingerprint density at radius 3 is 2.29 bits per heavy atom. The fourth-order valence-corrected chi connectivity index (χ4v) is 0.796. The zero-order valence-electron chi connectivity index (χ0n) is 9.60. The highest BCUT2D eigenvalue weighted by molar-refractivity contribution is 8.13. The smallest absolute Gasteiger partial charge is 0.333 e. The molecule has 0 unspecified atom stereocenters. The quantitative estimate of drug-likeness (QED) is 0.168. The first-order valence-corrected chi connectivity index (χ1v) is 7.09. The highest BCUT2D eigenvalue weighted by Gasteiger charge is 2.01. The average molecular weight is 284 g/mol. The van der Waals surface area contributed by atoms with Crippen molar-refractivity contribution < 1.29 is 22.5 Å². The number of carbonyl (C=O) groups excluding carboxylic acids is 1. The van der Waals surface area contributed by atoms with Crippen LogP contribution >= 0.6 is 11.8 Å². The second-order valence-electron chi connectivity index (χ2n) is 2.86. The molecular formula is C8H16N2O5S2. The van der Waals surface area contributed by atoms with Gasteiger partial charge in [-0.15, -0.1) is 0 Å². The molecule has 0 rings (SSSR count). The summed E-state index contributed by atoms with van der Waals surface area (Å²) in [7, 11) is -3.67. The fourth-order valence-electron chi connectivity index (χ4n) is 0.409. The van der Waals surface area contributed by atoms with E-state index in [1.807, 2.05) is 0 Å². The van der Waals surface area contributed by atoms with Gasteiger partial charge in [-0.3, -0.25) is 9.96 Å². The molecule has 9 heteroatoms. The second kappa shape index (κ2) is 9.02. The van der Waals surface area contributed by atoms with Gasteiger partial charge in [-0.2, -0.15) is 8.42 Å². The van der Waals surface area contributed by atoms with Crippen LogP contribution in [-0.4, -0.2) is 42.7 Å². The molecule has 0 atom stereocenters. The van der Waals surface area contributed by atoms with Gasteiger partial charge in [0.05, 0.1) is 6.26 Å². The Morgan fingerprint density at radius 1 is 1.59 bits per heavy atom. The van der Waals surface area contributed by atoms with Crippen LogP contribution < -0.4 is 5.73 Å². The lowest BCUT2D eigenvalue weighted by atomic mass is 10.4. The number of rotatable bonds is 4. The summed E-state index contributed by atoms with van der Waals surface area (Å²) in [5, 5.41) is 6.88.